The van der Waals surface area contributed by atoms with E-state index in [9.17, 15) is 22.8 Å². The maximum Gasteiger partial charge on any atom is 0.573 e. The van der Waals surface area contributed by atoms with E-state index in [1.165, 1.54) is 25.3 Å². The van der Waals surface area contributed by atoms with Gasteiger partial charge in [0.1, 0.15) is 5.75 Å². The van der Waals surface area contributed by atoms with Crippen LogP contribution in [0.25, 0.3) is 0 Å². The first-order chi connectivity index (χ1) is 15.6. The molecule has 0 bridgehead atoms. The summed E-state index contributed by atoms with van der Waals surface area (Å²) in [6.45, 7) is 1.72. The van der Waals surface area contributed by atoms with Crippen LogP contribution in [0.15, 0.2) is 64.6 Å². The molecule has 7 nitrogen and oxygen atoms in total. The summed E-state index contributed by atoms with van der Waals surface area (Å²) in [5.41, 5.74) is 1.70. The first kappa shape index (κ1) is 24.1. The molecule has 172 valence electrons. The number of para-hydroxylation sites is 1. The molecule has 0 aliphatic rings. The van der Waals surface area contributed by atoms with Crippen LogP contribution in [0.1, 0.15) is 21.7 Å². The van der Waals surface area contributed by atoms with Crippen molar-refractivity contribution in [2.24, 2.45) is 0 Å². The minimum Gasteiger partial charge on any atom is -0.464 e. The van der Waals surface area contributed by atoms with Crippen molar-refractivity contribution in [1.82, 2.24) is 9.97 Å². The lowest BCUT2D eigenvalue weighted by Crippen LogP contribution is -2.17. The molecule has 0 radical (unpaired) electrons. The Morgan fingerprint density at radius 1 is 1.06 bits per heavy atom. The number of nitrogens with one attached hydrogen (secondary N) is 1. The van der Waals surface area contributed by atoms with Crippen LogP contribution in [0, 0.1) is 6.92 Å². The summed E-state index contributed by atoms with van der Waals surface area (Å²) in [5, 5.41) is 3.08. The number of alkyl halides is 3. The van der Waals surface area contributed by atoms with Crippen molar-refractivity contribution in [3.8, 4) is 5.75 Å². The summed E-state index contributed by atoms with van der Waals surface area (Å²) in [5.74, 6) is -1.32. The fraction of sp³-hybridized carbons (Fsp3) is 0.182. The smallest absolute Gasteiger partial charge is 0.464 e. The molecule has 0 unspecified atom stereocenters. The quantitative estimate of drug-likeness (QED) is 0.386. The molecule has 1 aromatic heterocycles. The molecule has 1 heterocycles. The van der Waals surface area contributed by atoms with Gasteiger partial charge in [-0.2, -0.15) is 0 Å². The number of carbonyl (C=O) groups excluding carboxylic acids is 2. The standard InChI is InChI=1S/C22H18F3N3O4S/c1-13-11-17(20(30)31-2)28-21(26-13)33-18-6-4-3-5-16(18)27-19(29)12-14-7-9-15(10-8-14)32-22(23,24)25/h3-11H,12H2,1-2H3,(H,27,29). The summed E-state index contributed by atoms with van der Waals surface area (Å²) in [6, 6.07) is 13.5. The van der Waals surface area contributed by atoms with Crippen LogP contribution < -0.4 is 10.1 Å². The molecule has 33 heavy (non-hydrogen) atoms. The summed E-state index contributed by atoms with van der Waals surface area (Å²) in [4.78, 5) is 33.5. The lowest BCUT2D eigenvalue weighted by molar-refractivity contribution is -0.274. The second-order valence-corrected chi connectivity index (χ2v) is 7.69. The van der Waals surface area contributed by atoms with Crippen molar-refractivity contribution in [2.75, 3.05) is 12.4 Å². The summed E-state index contributed by atoms with van der Waals surface area (Å²) in [7, 11) is 1.26. The van der Waals surface area contributed by atoms with Crippen molar-refractivity contribution in [2.45, 2.75) is 29.8 Å². The summed E-state index contributed by atoms with van der Waals surface area (Å²) in [6.07, 6.45) is -4.84. The van der Waals surface area contributed by atoms with E-state index in [-0.39, 0.29) is 23.8 Å². The Balaban J connectivity index is 1.70. The molecule has 0 fully saturated rings. The number of anilines is 1. The Morgan fingerprint density at radius 3 is 2.42 bits per heavy atom. The van der Waals surface area contributed by atoms with Crippen molar-refractivity contribution >= 4 is 29.3 Å². The van der Waals surface area contributed by atoms with E-state index in [1.807, 2.05) is 0 Å². The van der Waals surface area contributed by atoms with Gasteiger partial charge in [-0.05, 0) is 54.6 Å². The number of methoxy groups -OCH3 is 1. The molecule has 3 rings (SSSR count). The van der Waals surface area contributed by atoms with Crippen molar-refractivity contribution in [3.05, 3.63) is 71.5 Å². The molecule has 1 N–H and O–H groups in total. The Labute approximate surface area is 191 Å². The van der Waals surface area contributed by atoms with Gasteiger partial charge in [-0.25, -0.2) is 14.8 Å². The van der Waals surface area contributed by atoms with Gasteiger partial charge < -0.3 is 14.8 Å². The van der Waals surface area contributed by atoms with Gasteiger partial charge in [0.05, 0.1) is 19.2 Å². The highest BCUT2D eigenvalue weighted by Crippen LogP contribution is 2.32. The second kappa shape index (κ2) is 10.3. The Hall–Kier alpha value is -3.60. The average Bonchev–Trinajstić information content (AvgIpc) is 2.74. The zero-order valence-electron chi connectivity index (χ0n) is 17.5. The summed E-state index contributed by atoms with van der Waals surface area (Å²) >= 11 is 1.16. The van der Waals surface area contributed by atoms with Crippen LogP contribution >= 0.6 is 11.8 Å². The molecule has 0 saturated heterocycles. The molecule has 0 atom stereocenters. The van der Waals surface area contributed by atoms with Gasteiger partial charge in [0.15, 0.2) is 10.9 Å². The van der Waals surface area contributed by atoms with E-state index in [0.29, 0.717) is 27.0 Å². The molecular formula is C22H18F3N3O4S. The number of nitrogens with zero attached hydrogens (tertiary/aromatic N) is 2. The maximum absolute atomic E-state index is 12.5. The lowest BCUT2D eigenvalue weighted by Gasteiger charge is -2.11. The van der Waals surface area contributed by atoms with Gasteiger partial charge in [0.2, 0.25) is 5.91 Å². The fourth-order valence-electron chi connectivity index (χ4n) is 2.74. The van der Waals surface area contributed by atoms with Gasteiger partial charge in [0.25, 0.3) is 0 Å². The number of rotatable bonds is 7. The van der Waals surface area contributed by atoms with Crippen LogP contribution in [-0.4, -0.2) is 35.3 Å². The highest BCUT2D eigenvalue weighted by atomic mass is 32.2. The predicted octanol–water partition coefficient (Wildman–Crippen LogP) is 4.80. The molecular weight excluding hydrogens is 459 g/mol. The van der Waals surface area contributed by atoms with Gasteiger partial charge >= 0.3 is 12.3 Å². The van der Waals surface area contributed by atoms with Crippen molar-refractivity contribution in [1.29, 1.82) is 0 Å². The highest BCUT2D eigenvalue weighted by Gasteiger charge is 2.31. The third-order valence-corrected chi connectivity index (χ3v) is 5.05. The second-order valence-electron chi connectivity index (χ2n) is 6.68. The number of aromatic nitrogens is 2. The van der Waals surface area contributed by atoms with Gasteiger partial charge in [-0.15, -0.1) is 13.2 Å². The molecule has 0 aliphatic heterocycles. The van der Waals surface area contributed by atoms with E-state index >= 15 is 0 Å². The van der Waals surface area contributed by atoms with Crippen LogP contribution in [-0.2, 0) is 16.0 Å². The third-order valence-electron chi connectivity index (χ3n) is 4.11. The monoisotopic (exact) mass is 477 g/mol. The number of hydrogen-bond donors (Lipinski definition) is 1. The minimum absolute atomic E-state index is 0.0568. The topological polar surface area (TPSA) is 90.4 Å². The van der Waals surface area contributed by atoms with Gasteiger partial charge in [0, 0.05) is 10.6 Å². The molecule has 0 spiro atoms. The number of amides is 1. The number of esters is 1. The predicted molar refractivity (Wildman–Crippen MR) is 114 cm³/mol. The number of halogens is 3. The van der Waals surface area contributed by atoms with Crippen LogP contribution in [0.4, 0.5) is 18.9 Å². The number of aryl methyl sites for hydroxylation is 1. The highest BCUT2D eigenvalue weighted by molar-refractivity contribution is 7.99. The zero-order chi connectivity index (χ0) is 24.0. The molecule has 0 saturated carbocycles. The minimum atomic E-state index is -4.78. The molecule has 3 aromatic rings. The van der Waals surface area contributed by atoms with Crippen LogP contribution in [0.3, 0.4) is 0 Å². The third kappa shape index (κ3) is 7.21. The van der Waals surface area contributed by atoms with Gasteiger partial charge in [-0.1, -0.05) is 24.3 Å². The first-order valence-corrected chi connectivity index (χ1v) is 10.3. The van der Waals surface area contributed by atoms with Crippen molar-refractivity contribution in [3.63, 3.8) is 0 Å². The van der Waals surface area contributed by atoms with Crippen LogP contribution in [0.2, 0.25) is 0 Å². The lowest BCUT2D eigenvalue weighted by atomic mass is 10.1. The van der Waals surface area contributed by atoms with E-state index in [4.69, 9.17) is 4.74 Å². The molecule has 1 amide bonds. The van der Waals surface area contributed by atoms with E-state index in [0.717, 1.165) is 23.9 Å². The fourth-order valence-corrected chi connectivity index (χ4v) is 3.65. The van der Waals surface area contributed by atoms with E-state index in [2.05, 4.69) is 20.0 Å². The van der Waals surface area contributed by atoms with E-state index < -0.39 is 12.3 Å². The Kier molecular flexibility index (Phi) is 7.54. The number of ether oxygens (including phenoxy) is 2. The van der Waals surface area contributed by atoms with Crippen LogP contribution in [0.5, 0.6) is 5.75 Å². The van der Waals surface area contributed by atoms with Crippen molar-refractivity contribution < 1.29 is 32.2 Å². The maximum atomic E-state index is 12.5. The average molecular weight is 477 g/mol. The molecule has 11 heteroatoms. The van der Waals surface area contributed by atoms with Gasteiger partial charge in [-0.3, -0.25) is 4.79 Å². The van der Waals surface area contributed by atoms with E-state index in [1.54, 1.807) is 31.2 Å². The summed E-state index contributed by atoms with van der Waals surface area (Å²) < 4.78 is 45.3. The largest absolute Gasteiger partial charge is 0.573 e. The number of benzene rings is 2. The normalized spacial score (nSPS) is 11.1. The SMILES string of the molecule is COC(=O)c1cc(C)nc(Sc2ccccc2NC(=O)Cc2ccc(OC(F)(F)F)cc2)n1. The Morgan fingerprint density at radius 2 is 1.76 bits per heavy atom. The number of carbonyl (C=O) groups is 2. The number of hydrogen-bond acceptors (Lipinski definition) is 7. The molecule has 0 aliphatic carbocycles. The first-order valence-electron chi connectivity index (χ1n) is 9.48. The zero-order valence-corrected chi connectivity index (χ0v) is 18.3. The molecule has 2 aromatic carbocycles. The Bertz CT molecular complexity index is 1150.